The zero-order chi connectivity index (χ0) is 14.1. The van der Waals surface area contributed by atoms with Gasteiger partial charge in [-0.2, -0.15) is 0 Å². The monoisotopic (exact) mass is 272 g/mol. The van der Waals surface area contributed by atoms with Gasteiger partial charge in [-0.1, -0.05) is 0 Å². The number of anilines is 1. The third-order valence-corrected chi connectivity index (χ3v) is 3.42. The van der Waals surface area contributed by atoms with Crippen LogP contribution >= 0.6 is 0 Å². The number of hydrogen-bond donors (Lipinski definition) is 2. The maximum atomic E-state index is 12.6. The van der Waals surface area contributed by atoms with Crippen LogP contribution in [0.2, 0.25) is 0 Å². The highest BCUT2D eigenvalue weighted by Gasteiger charge is 2.34. The molecule has 0 aliphatic heterocycles. The molecule has 0 unspecified atom stereocenters. The molecule has 1 saturated carbocycles. The molecule has 1 aromatic carbocycles. The summed E-state index contributed by atoms with van der Waals surface area (Å²) in [5.41, 5.74) is 6.55. The third-order valence-electron chi connectivity index (χ3n) is 3.42. The van der Waals surface area contributed by atoms with Crippen LogP contribution in [-0.2, 0) is 6.54 Å². The van der Waals surface area contributed by atoms with Crippen molar-refractivity contribution >= 4 is 11.6 Å². The number of amides is 1. The minimum absolute atomic E-state index is 0.0382. The standard InChI is InChI=1S/C15H16N2O3/c16-14-6-5-11(18)8-13(14)15(19)17(10-3-4-10)9-12-2-1-7-20-12/h1-2,5-8,10,18H,3-4,9,16H2. The SMILES string of the molecule is Nc1ccc(O)cc1C(=O)N(Cc1ccco1)C1CC1. The van der Waals surface area contributed by atoms with Crippen molar-refractivity contribution in [3.63, 3.8) is 0 Å². The largest absolute Gasteiger partial charge is 0.508 e. The molecule has 0 radical (unpaired) electrons. The second-order valence-corrected chi connectivity index (χ2v) is 5.02. The van der Waals surface area contributed by atoms with E-state index in [-0.39, 0.29) is 17.7 Å². The molecule has 104 valence electrons. The molecule has 1 fully saturated rings. The maximum Gasteiger partial charge on any atom is 0.256 e. The van der Waals surface area contributed by atoms with Gasteiger partial charge in [-0.25, -0.2) is 0 Å². The molecule has 2 aromatic rings. The molecule has 1 amide bonds. The molecule has 0 saturated heterocycles. The predicted octanol–water partition coefficient (Wildman–Crippen LogP) is 2.37. The van der Waals surface area contributed by atoms with E-state index in [1.165, 1.54) is 12.1 Å². The summed E-state index contributed by atoms with van der Waals surface area (Å²) in [5.74, 6) is 0.609. The van der Waals surface area contributed by atoms with Gasteiger partial charge in [-0.05, 0) is 43.2 Å². The van der Waals surface area contributed by atoms with E-state index in [0.717, 1.165) is 18.6 Å². The van der Waals surface area contributed by atoms with Gasteiger partial charge in [0.05, 0.1) is 18.4 Å². The molecule has 0 atom stereocenters. The minimum atomic E-state index is -0.169. The van der Waals surface area contributed by atoms with E-state index >= 15 is 0 Å². The van der Waals surface area contributed by atoms with E-state index in [1.54, 1.807) is 23.3 Å². The zero-order valence-corrected chi connectivity index (χ0v) is 11.0. The third kappa shape index (κ3) is 2.47. The Morgan fingerprint density at radius 2 is 2.20 bits per heavy atom. The lowest BCUT2D eigenvalue weighted by molar-refractivity contribution is 0.0718. The molecular formula is C15H16N2O3. The van der Waals surface area contributed by atoms with Crippen molar-refractivity contribution in [1.82, 2.24) is 4.90 Å². The van der Waals surface area contributed by atoms with Gasteiger partial charge >= 0.3 is 0 Å². The van der Waals surface area contributed by atoms with Gasteiger partial charge in [0.2, 0.25) is 0 Å². The van der Waals surface area contributed by atoms with Crippen LogP contribution in [0.5, 0.6) is 5.75 Å². The molecule has 0 spiro atoms. The number of aromatic hydroxyl groups is 1. The average molecular weight is 272 g/mol. The number of carbonyl (C=O) groups excluding carboxylic acids is 1. The van der Waals surface area contributed by atoms with Gasteiger partial charge in [-0.15, -0.1) is 0 Å². The van der Waals surface area contributed by atoms with Gasteiger partial charge in [0.1, 0.15) is 11.5 Å². The summed E-state index contributed by atoms with van der Waals surface area (Å²) in [6.07, 6.45) is 3.57. The van der Waals surface area contributed by atoms with Gasteiger partial charge in [0.25, 0.3) is 5.91 Å². The summed E-state index contributed by atoms with van der Waals surface area (Å²) in [7, 11) is 0. The zero-order valence-electron chi connectivity index (χ0n) is 11.0. The fourth-order valence-electron chi connectivity index (χ4n) is 2.21. The number of rotatable bonds is 4. The van der Waals surface area contributed by atoms with Crippen molar-refractivity contribution in [2.45, 2.75) is 25.4 Å². The highest BCUT2D eigenvalue weighted by molar-refractivity contribution is 5.99. The summed E-state index contributed by atoms with van der Waals surface area (Å²) in [4.78, 5) is 14.4. The minimum Gasteiger partial charge on any atom is -0.508 e. The fourth-order valence-corrected chi connectivity index (χ4v) is 2.21. The number of nitrogen functional groups attached to an aromatic ring is 1. The van der Waals surface area contributed by atoms with Gasteiger partial charge in [0, 0.05) is 11.7 Å². The van der Waals surface area contributed by atoms with Crippen LogP contribution in [0.4, 0.5) is 5.69 Å². The van der Waals surface area contributed by atoms with E-state index in [1.807, 2.05) is 6.07 Å². The number of carbonyl (C=O) groups is 1. The molecule has 0 bridgehead atoms. The van der Waals surface area contributed by atoms with Crippen LogP contribution in [0.3, 0.4) is 0 Å². The first-order valence-corrected chi connectivity index (χ1v) is 6.57. The summed E-state index contributed by atoms with van der Waals surface area (Å²) in [5, 5.41) is 9.53. The topological polar surface area (TPSA) is 79.7 Å². The highest BCUT2D eigenvalue weighted by Crippen LogP contribution is 2.31. The van der Waals surface area contributed by atoms with Crippen LogP contribution in [0.15, 0.2) is 41.0 Å². The quantitative estimate of drug-likeness (QED) is 0.661. The van der Waals surface area contributed by atoms with E-state index in [4.69, 9.17) is 10.2 Å². The summed E-state index contributed by atoms with van der Waals surface area (Å²) >= 11 is 0. The lowest BCUT2D eigenvalue weighted by Gasteiger charge is -2.22. The number of furan rings is 1. The Kier molecular flexibility index (Phi) is 3.10. The number of hydrogen-bond acceptors (Lipinski definition) is 4. The normalized spacial score (nSPS) is 14.2. The van der Waals surface area contributed by atoms with E-state index < -0.39 is 0 Å². The number of nitrogens with two attached hydrogens (primary N) is 1. The second kappa shape index (κ2) is 4.92. The fraction of sp³-hybridized carbons (Fsp3) is 0.267. The maximum absolute atomic E-state index is 12.6. The van der Waals surface area contributed by atoms with Crippen LogP contribution in [-0.4, -0.2) is 22.0 Å². The summed E-state index contributed by atoms with van der Waals surface area (Å²) in [6, 6.07) is 8.30. The summed E-state index contributed by atoms with van der Waals surface area (Å²) in [6.45, 7) is 0.422. The molecule has 1 aliphatic rings. The van der Waals surface area contributed by atoms with Crippen LogP contribution in [0.1, 0.15) is 29.0 Å². The second-order valence-electron chi connectivity index (χ2n) is 5.02. The lowest BCUT2D eigenvalue weighted by atomic mass is 10.1. The molecule has 3 N–H and O–H groups in total. The van der Waals surface area contributed by atoms with Gasteiger partial charge < -0.3 is 20.2 Å². The van der Waals surface area contributed by atoms with E-state index in [0.29, 0.717) is 17.8 Å². The highest BCUT2D eigenvalue weighted by atomic mass is 16.3. The number of phenolic OH excluding ortho intramolecular Hbond substituents is 1. The molecule has 1 aromatic heterocycles. The molecular weight excluding hydrogens is 256 g/mol. The average Bonchev–Trinajstić information content (AvgIpc) is 3.15. The molecule has 1 heterocycles. The Balaban J connectivity index is 1.87. The van der Waals surface area contributed by atoms with Gasteiger partial charge in [-0.3, -0.25) is 4.79 Å². The Labute approximate surface area is 116 Å². The van der Waals surface area contributed by atoms with Crippen molar-refractivity contribution in [3.05, 3.63) is 47.9 Å². The van der Waals surface area contributed by atoms with Crippen molar-refractivity contribution < 1.29 is 14.3 Å². The van der Waals surface area contributed by atoms with Crippen LogP contribution in [0.25, 0.3) is 0 Å². The Morgan fingerprint density at radius 3 is 2.85 bits per heavy atom. The first-order chi connectivity index (χ1) is 9.65. The van der Waals surface area contributed by atoms with Crippen molar-refractivity contribution in [3.8, 4) is 5.75 Å². The first kappa shape index (κ1) is 12.6. The molecule has 3 rings (SSSR count). The molecule has 5 heteroatoms. The van der Waals surface area contributed by atoms with E-state index in [9.17, 15) is 9.90 Å². The van der Waals surface area contributed by atoms with Crippen molar-refractivity contribution in [2.75, 3.05) is 5.73 Å². The number of phenols is 1. The summed E-state index contributed by atoms with van der Waals surface area (Å²) < 4.78 is 5.31. The van der Waals surface area contributed by atoms with Crippen molar-refractivity contribution in [2.24, 2.45) is 0 Å². The molecule has 5 nitrogen and oxygen atoms in total. The predicted molar refractivity (Wildman–Crippen MR) is 74.1 cm³/mol. The Morgan fingerprint density at radius 1 is 1.40 bits per heavy atom. The number of nitrogens with zero attached hydrogens (tertiary/aromatic N) is 1. The Hall–Kier alpha value is -2.43. The lowest BCUT2D eigenvalue weighted by Crippen LogP contribution is -2.33. The Bertz CT molecular complexity index is 618. The molecule has 20 heavy (non-hydrogen) atoms. The number of benzene rings is 1. The smallest absolute Gasteiger partial charge is 0.256 e. The first-order valence-electron chi connectivity index (χ1n) is 6.57. The van der Waals surface area contributed by atoms with Gasteiger partial charge in [0.15, 0.2) is 0 Å². The van der Waals surface area contributed by atoms with Crippen LogP contribution < -0.4 is 5.73 Å². The van der Waals surface area contributed by atoms with Crippen LogP contribution in [0, 0.1) is 0 Å². The molecule has 1 aliphatic carbocycles. The van der Waals surface area contributed by atoms with Crippen molar-refractivity contribution in [1.29, 1.82) is 0 Å². The van der Waals surface area contributed by atoms with E-state index in [2.05, 4.69) is 0 Å².